The highest BCUT2D eigenvalue weighted by atomic mass is 19.1. The van der Waals surface area contributed by atoms with Crippen LogP contribution in [0.4, 0.5) is 4.39 Å². The van der Waals surface area contributed by atoms with E-state index in [9.17, 15) is 0 Å². The zero-order valence-electron chi connectivity index (χ0n) is 16.1. The highest BCUT2D eigenvalue weighted by Gasteiger charge is 2.36. The Balaban J connectivity index is 1.71. The molecule has 0 saturated carbocycles. The maximum atomic E-state index is 15.5. The molecule has 0 spiro atoms. The molecule has 2 atom stereocenters. The van der Waals surface area contributed by atoms with Crippen molar-refractivity contribution in [3.8, 4) is 11.1 Å². The summed E-state index contributed by atoms with van der Waals surface area (Å²) in [5.41, 5.74) is 7.33. The minimum atomic E-state index is -1.41. The Morgan fingerprint density at radius 1 is 1.19 bits per heavy atom. The van der Waals surface area contributed by atoms with Crippen molar-refractivity contribution in [1.29, 1.82) is 0 Å². The summed E-state index contributed by atoms with van der Waals surface area (Å²) in [5.74, 6) is -1.41. The Hall–Kier alpha value is -1.71. The lowest BCUT2D eigenvalue weighted by Crippen LogP contribution is -2.47. The van der Waals surface area contributed by atoms with Crippen LogP contribution >= 0.6 is 0 Å². The van der Waals surface area contributed by atoms with Crippen LogP contribution in [0.25, 0.3) is 11.1 Å². The van der Waals surface area contributed by atoms with Gasteiger partial charge in [-0.2, -0.15) is 0 Å². The number of nitrogens with one attached hydrogen (secondary N) is 1. The summed E-state index contributed by atoms with van der Waals surface area (Å²) in [4.78, 5) is 2.37. The molecule has 0 amide bonds. The number of halogens is 1. The standard InChI is InChI=1S/C23H29FN2/c1-16-12-19(13-20-15-26(3)11-9-22(16)20)18-7-4-8-21(14-18)23(24)10-5-6-17(2)25-23/h4,7-8,12-14,17,25H,5-6,9-11,15H2,1-3H3. The van der Waals surface area contributed by atoms with Gasteiger partial charge in [0.15, 0.2) is 5.79 Å². The van der Waals surface area contributed by atoms with Crippen molar-refractivity contribution in [2.45, 2.75) is 57.9 Å². The number of aryl methyl sites for hydroxylation is 1. The van der Waals surface area contributed by atoms with E-state index in [0.29, 0.717) is 6.42 Å². The molecule has 0 radical (unpaired) electrons. The van der Waals surface area contributed by atoms with E-state index in [4.69, 9.17) is 0 Å². The smallest absolute Gasteiger partial charge is 0.187 e. The first kappa shape index (κ1) is 17.7. The normalized spacial score (nSPS) is 26.5. The average molecular weight is 352 g/mol. The summed E-state index contributed by atoms with van der Waals surface area (Å²) in [6.45, 7) is 6.39. The highest BCUT2D eigenvalue weighted by molar-refractivity contribution is 5.67. The van der Waals surface area contributed by atoms with Crippen molar-refractivity contribution in [3.05, 3.63) is 58.7 Å². The second-order valence-electron chi connectivity index (χ2n) is 8.24. The lowest BCUT2D eigenvalue weighted by Gasteiger charge is -2.35. The van der Waals surface area contributed by atoms with Crippen molar-refractivity contribution in [3.63, 3.8) is 0 Å². The van der Waals surface area contributed by atoms with Crippen LogP contribution in [0.2, 0.25) is 0 Å². The number of benzene rings is 2. The Labute approximate surface area is 156 Å². The molecule has 1 N–H and O–H groups in total. The van der Waals surface area contributed by atoms with Gasteiger partial charge in [0.2, 0.25) is 0 Å². The van der Waals surface area contributed by atoms with Crippen LogP contribution in [0.5, 0.6) is 0 Å². The largest absolute Gasteiger partial charge is 0.302 e. The minimum absolute atomic E-state index is 0.221. The van der Waals surface area contributed by atoms with E-state index < -0.39 is 5.79 Å². The summed E-state index contributed by atoms with van der Waals surface area (Å²) < 4.78 is 15.5. The van der Waals surface area contributed by atoms with Gasteiger partial charge < -0.3 is 4.90 Å². The first-order chi connectivity index (χ1) is 12.4. The van der Waals surface area contributed by atoms with Crippen molar-refractivity contribution in [2.75, 3.05) is 13.6 Å². The van der Waals surface area contributed by atoms with Gasteiger partial charge in [-0.25, -0.2) is 4.39 Å². The molecule has 1 saturated heterocycles. The van der Waals surface area contributed by atoms with E-state index >= 15 is 4.39 Å². The van der Waals surface area contributed by atoms with E-state index in [1.807, 2.05) is 18.2 Å². The zero-order valence-corrected chi connectivity index (χ0v) is 16.1. The Kier molecular flexibility index (Phi) is 4.62. The third-order valence-corrected chi connectivity index (χ3v) is 6.04. The lowest BCUT2D eigenvalue weighted by atomic mass is 9.88. The maximum absolute atomic E-state index is 15.5. The Bertz CT molecular complexity index is 816. The van der Waals surface area contributed by atoms with Gasteiger partial charge >= 0.3 is 0 Å². The predicted octanol–water partition coefficient (Wildman–Crippen LogP) is 4.93. The number of fused-ring (bicyclic) bond motifs is 1. The molecular weight excluding hydrogens is 323 g/mol. The molecular formula is C23H29FN2. The van der Waals surface area contributed by atoms with Crippen LogP contribution in [0, 0.1) is 6.92 Å². The minimum Gasteiger partial charge on any atom is -0.302 e. The lowest BCUT2D eigenvalue weighted by molar-refractivity contribution is 0.0566. The molecule has 2 aromatic rings. The molecule has 0 aliphatic carbocycles. The summed E-state index contributed by atoms with van der Waals surface area (Å²) in [6, 6.07) is 12.9. The fourth-order valence-electron chi connectivity index (χ4n) is 4.59. The van der Waals surface area contributed by atoms with Crippen molar-refractivity contribution in [2.24, 2.45) is 0 Å². The SMILES string of the molecule is Cc1cc(-c2cccc(C3(F)CCCC(C)N3)c2)cc2c1CCN(C)C2. The summed E-state index contributed by atoms with van der Waals surface area (Å²) in [6.07, 6.45) is 3.64. The van der Waals surface area contributed by atoms with Gasteiger partial charge in [-0.1, -0.05) is 24.3 Å². The van der Waals surface area contributed by atoms with Crippen LogP contribution in [0.3, 0.4) is 0 Å². The van der Waals surface area contributed by atoms with Gasteiger partial charge in [-0.05, 0) is 86.5 Å². The van der Waals surface area contributed by atoms with E-state index in [1.54, 1.807) is 0 Å². The first-order valence-electron chi connectivity index (χ1n) is 9.83. The Morgan fingerprint density at radius 2 is 2.04 bits per heavy atom. The third-order valence-electron chi connectivity index (χ3n) is 6.04. The van der Waals surface area contributed by atoms with Gasteiger partial charge in [-0.15, -0.1) is 0 Å². The van der Waals surface area contributed by atoms with Gasteiger partial charge in [0.25, 0.3) is 0 Å². The molecule has 26 heavy (non-hydrogen) atoms. The molecule has 3 heteroatoms. The van der Waals surface area contributed by atoms with Crippen molar-refractivity contribution in [1.82, 2.24) is 10.2 Å². The average Bonchev–Trinajstić information content (AvgIpc) is 2.61. The fraction of sp³-hybridized carbons (Fsp3) is 0.478. The first-order valence-corrected chi connectivity index (χ1v) is 9.83. The Morgan fingerprint density at radius 3 is 2.85 bits per heavy atom. The fourth-order valence-corrected chi connectivity index (χ4v) is 4.59. The topological polar surface area (TPSA) is 15.3 Å². The van der Waals surface area contributed by atoms with Crippen LogP contribution in [-0.2, 0) is 18.8 Å². The molecule has 2 heterocycles. The number of nitrogens with zero attached hydrogens (tertiary/aromatic N) is 1. The van der Waals surface area contributed by atoms with E-state index in [2.05, 4.69) is 49.3 Å². The number of rotatable bonds is 2. The maximum Gasteiger partial charge on any atom is 0.187 e. The summed E-state index contributed by atoms with van der Waals surface area (Å²) >= 11 is 0. The van der Waals surface area contributed by atoms with Crippen molar-refractivity contribution >= 4 is 0 Å². The van der Waals surface area contributed by atoms with Crippen LogP contribution in [0.15, 0.2) is 36.4 Å². The van der Waals surface area contributed by atoms with Crippen molar-refractivity contribution < 1.29 is 4.39 Å². The molecule has 2 aliphatic rings. The number of hydrogen-bond donors (Lipinski definition) is 1. The molecule has 2 nitrogen and oxygen atoms in total. The third kappa shape index (κ3) is 3.30. The number of alkyl halides is 1. The highest BCUT2D eigenvalue weighted by Crippen LogP contribution is 2.36. The molecule has 4 rings (SSSR count). The molecule has 2 unspecified atom stereocenters. The van der Waals surface area contributed by atoms with Crippen LogP contribution < -0.4 is 5.32 Å². The zero-order chi connectivity index (χ0) is 18.3. The van der Waals surface area contributed by atoms with E-state index in [1.165, 1.54) is 22.3 Å². The second kappa shape index (κ2) is 6.79. The second-order valence-corrected chi connectivity index (χ2v) is 8.24. The van der Waals surface area contributed by atoms with Gasteiger partial charge in [-0.3, -0.25) is 5.32 Å². The number of piperidine rings is 1. The molecule has 2 aliphatic heterocycles. The molecule has 2 aromatic carbocycles. The van der Waals surface area contributed by atoms with Gasteiger partial charge in [0.05, 0.1) is 0 Å². The molecule has 0 aromatic heterocycles. The molecule has 1 fully saturated rings. The molecule has 0 bridgehead atoms. The summed E-state index contributed by atoms with van der Waals surface area (Å²) in [5, 5.41) is 3.18. The van der Waals surface area contributed by atoms with Crippen LogP contribution in [0.1, 0.15) is 48.4 Å². The van der Waals surface area contributed by atoms with E-state index in [-0.39, 0.29) is 6.04 Å². The monoisotopic (exact) mass is 352 g/mol. The quantitative estimate of drug-likeness (QED) is 0.771. The van der Waals surface area contributed by atoms with Gasteiger partial charge in [0.1, 0.15) is 0 Å². The molecule has 138 valence electrons. The predicted molar refractivity (Wildman–Crippen MR) is 106 cm³/mol. The number of likely N-dealkylation sites (N-methyl/N-ethyl adjacent to an activating group) is 1. The number of hydrogen-bond acceptors (Lipinski definition) is 2. The van der Waals surface area contributed by atoms with Crippen LogP contribution in [-0.4, -0.2) is 24.5 Å². The van der Waals surface area contributed by atoms with E-state index in [0.717, 1.165) is 43.5 Å². The van der Waals surface area contributed by atoms with Gasteiger partial charge in [0, 0.05) is 24.7 Å². The summed E-state index contributed by atoms with van der Waals surface area (Å²) in [7, 11) is 2.17.